The first-order valence-electron chi connectivity index (χ1n) is 12.9. The molecule has 2 saturated heterocycles. The third-order valence-electron chi connectivity index (χ3n) is 6.95. The molecule has 0 saturated carbocycles. The summed E-state index contributed by atoms with van der Waals surface area (Å²) in [6, 6.07) is 4.59. The highest BCUT2D eigenvalue weighted by atomic mass is 19.4. The number of carbonyl (C=O) groups is 2. The number of rotatable bonds is 7. The van der Waals surface area contributed by atoms with Gasteiger partial charge >= 0.3 is 6.18 Å². The maximum atomic E-state index is 13.5. The lowest BCUT2D eigenvalue weighted by Crippen LogP contribution is -2.30. The number of carbonyl (C=O) groups excluding carboxylic acids is 2. The van der Waals surface area contributed by atoms with Crippen LogP contribution in [0.5, 0.6) is 5.75 Å². The number of likely N-dealkylation sites (tertiary alicyclic amines) is 1. The van der Waals surface area contributed by atoms with E-state index in [-0.39, 0.29) is 35.3 Å². The van der Waals surface area contributed by atoms with Gasteiger partial charge in [0.1, 0.15) is 12.4 Å². The molecule has 0 N–H and O–H groups in total. The first kappa shape index (κ1) is 27.9. The van der Waals surface area contributed by atoms with E-state index in [2.05, 4.69) is 4.99 Å². The second-order valence-corrected chi connectivity index (χ2v) is 10.8. The van der Waals surface area contributed by atoms with Crippen molar-refractivity contribution < 1.29 is 32.2 Å². The van der Waals surface area contributed by atoms with E-state index in [0.29, 0.717) is 38.1 Å². The zero-order valence-electron chi connectivity index (χ0n) is 22.3. The Labute approximate surface area is 220 Å². The highest BCUT2D eigenvalue weighted by Crippen LogP contribution is 2.33. The molecular formula is C27H35F3N4O4. The Bertz CT molecular complexity index is 1250. The van der Waals surface area contributed by atoms with Crippen LogP contribution < -0.4 is 10.2 Å². The minimum atomic E-state index is -4.64. The number of ether oxygens (including phenoxy) is 2. The van der Waals surface area contributed by atoms with E-state index in [1.54, 1.807) is 11.0 Å². The van der Waals surface area contributed by atoms with Crippen molar-refractivity contribution >= 4 is 11.8 Å². The van der Waals surface area contributed by atoms with E-state index < -0.39 is 17.6 Å². The smallest absolute Gasteiger partial charge is 0.416 e. The van der Waals surface area contributed by atoms with Gasteiger partial charge in [0.05, 0.1) is 30.3 Å². The van der Waals surface area contributed by atoms with Crippen LogP contribution in [-0.4, -0.2) is 58.5 Å². The Balaban J connectivity index is 1.69. The monoisotopic (exact) mass is 536 g/mol. The van der Waals surface area contributed by atoms with Crippen LogP contribution >= 0.6 is 0 Å². The number of aromatic nitrogens is 2. The van der Waals surface area contributed by atoms with Crippen LogP contribution in [-0.2, 0) is 34.7 Å². The molecule has 0 bridgehead atoms. The SMILES string of the molecule is Cn1c(C(C)(C)C)cc(=NC(=O)c2cc(C(F)(F)F)ccc2OCCN2CCCC2=O)n1C[C@H]1CCCO1. The lowest BCUT2D eigenvalue weighted by molar-refractivity contribution is -0.137. The summed E-state index contributed by atoms with van der Waals surface area (Å²) in [5.41, 5.74) is -0.255. The van der Waals surface area contributed by atoms with Gasteiger partial charge < -0.3 is 14.4 Å². The molecule has 38 heavy (non-hydrogen) atoms. The van der Waals surface area contributed by atoms with E-state index in [1.807, 2.05) is 37.2 Å². The van der Waals surface area contributed by atoms with Gasteiger partial charge in [-0.2, -0.15) is 18.2 Å². The Kier molecular flexibility index (Phi) is 8.06. The van der Waals surface area contributed by atoms with Crippen LogP contribution in [0.15, 0.2) is 29.3 Å². The Morgan fingerprint density at radius 3 is 2.55 bits per heavy atom. The van der Waals surface area contributed by atoms with Crippen LogP contribution in [0.4, 0.5) is 13.2 Å². The van der Waals surface area contributed by atoms with Crippen LogP contribution in [0.2, 0.25) is 0 Å². The van der Waals surface area contributed by atoms with E-state index in [1.165, 1.54) is 0 Å². The third kappa shape index (κ3) is 6.31. The highest BCUT2D eigenvalue weighted by molar-refractivity contribution is 5.97. The molecular weight excluding hydrogens is 501 g/mol. The molecule has 2 aromatic rings. The van der Waals surface area contributed by atoms with Crippen molar-refractivity contribution in [3.8, 4) is 5.75 Å². The summed E-state index contributed by atoms with van der Waals surface area (Å²) in [5.74, 6) is -0.826. The second kappa shape index (κ2) is 11.0. The summed E-state index contributed by atoms with van der Waals surface area (Å²) >= 11 is 0. The molecule has 0 aliphatic carbocycles. The predicted molar refractivity (Wildman–Crippen MR) is 134 cm³/mol. The first-order valence-corrected chi connectivity index (χ1v) is 12.9. The van der Waals surface area contributed by atoms with Crippen molar-refractivity contribution in [2.45, 2.75) is 70.7 Å². The molecule has 8 nitrogen and oxygen atoms in total. The normalized spacial score (nSPS) is 19.0. The molecule has 3 heterocycles. The highest BCUT2D eigenvalue weighted by Gasteiger charge is 2.32. The summed E-state index contributed by atoms with van der Waals surface area (Å²) in [5, 5.41) is 0. The molecule has 4 rings (SSSR count). The molecule has 1 atom stereocenters. The lowest BCUT2D eigenvalue weighted by atomic mass is 9.92. The molecule has 0 spiro atoms. The average molecular weight is 537 g/mol. The first-order chi connectivity index (χ1) is 17.8. The molecule has 208 valence electrons. The second-order valence-electron chi connectivity index (χ2n) is 10.8. The van der Waals surface area contributed by atoms with Crippen molar-refractivity contribution in [2.75, 3.05) is 26.3 Å². The van der Waals surface area contributed by atoms with Crippen LogP contribution in [0, 0.1) is 0 Å². The number of alkyl halides is 3. The van der Waals surface area contributed by atoms with Crippen molar-refractivity contribution in [2.24, 2.45) is 12.0 Å². The van der Waals surface area contributed by atoms with Gasteiger partial charge in [0, 0.05) is 43.8 Å². The zero-order chi connectivity index (χ0) is 27.7. The van der Waals surface area contributed by atoms with Crippen LogP contribution in [0.1, 0.15) is 68.1 Å². The zero-order valence-corrected chi connectivity index (χ0v) is 22.3. The number of halogens is 3. The van der Waals surface area contributed by atoms with Gasteiger partial charge in [-0.05, 0) is 37.5 Å². The van der Waals surface area contributed by atoms with E-state index in [9.17, 15) is 22.8 Å². The van der Waals surface area contributed by atoms with Gasteiger partial charge in [0.15, 0.2) is 5.49 Å². The molecule has 2 amide bonds. The fourth-order valence-electron chi connectivity index (χ4n) is 4.93. The number of benzene rings is 1. The van der Waals surface area contributed by atoms with Gasteiger partial charge in [-0.3, -0.25) is 19.0 Å². The fraction of sp³-hybridized carbons (Fsp3) is 0.593. The van der Waals surface area contributed by atoms with Gasteiger partial charge in [0.2, 0.25) is 5.91 Å². The summed E-state index contributed by atoms with van der Waals surface area (Å²) in [6.07, 6.45) is -1.61. The van der Waals surface area contributed by atoms with E-state index in [4.69, 9.17) is 9.47 Å². The van der Waals surface area contributed by atoms with Gasteiger partial charge in [-0.25, -0.2) is 0 Å². The van der Waals surface area contributed by atoms with E-state index >= 15 is 0 Å². The maximum absolute atomic E-state index is 13.5. The number of nitrogens with zero attached hydrogens (tertiary/aromatic N) is 4. The predicted octanol–water partition coefficient (Wildman–Crippen LogP) is 4.06. The van der Waals surface area contributed by atoms with Gasteiger partial charge in [-0.1, -0.05) is 20.8 Å². The third-order valence-corrected chi connectivity index (χ3v) is 6.95. The number of hydrogen-bond donors (Lipinski definition) is 0. The summed E-state index contributed by atoms with van der Waals surface area (Å²) in [6.45, 7) is 8.20. The molecule has 1 aromatic carbocycles. The van der Waals surface area contributed by atoms with Crippen molar-refractivity contribution in [3.63, 3.8) is 0 Å². The van der Waals surface area contributed by atoms with Crippen LogP contribution in [0.3, 0.4) is 0 Å². The van der Waals surface area contributed by atoms with Crippen molar-refractivity contribution in [3.05, 3.63) is 46.6 Å². The summed E-state index contributed by atoms with van der Waals surface area (Å²) < 4.78 is 55.8. The summed E-state index contributed by atoms with van der Waals surface area (Å²) in [7, 11) is 1.87. The van der Waals surface area contributed by atoms with Gasteiger partial charge in [0.25, 0.3) is 5.91 Å². The molecule has 2 aliphatic rings. The molecule has 2 fully saturated rings. The van der Waals surface area contributed by atoms with Crippen molar-refractivity contribution in [1.29, 1.82) is 0 Å². The molecule has 0 radical (unpaired) electrons. The van der Waals surface area contributed by atoms with Crippen LogP contribution in [0.25, 0.3) is 0 Å². The maximum Gasteiger partial charge on any atom is 0.416 e. The number of amides is 2. The topological polar surface area (TPSA) is 78.1 Å². The fourth-order valence-corrected chi connectivity index (χ4v) is 4.93. The molecule has 0 unspecified atom stereocenters. The summed E-state index contributed by atoms with van der Waals surface area (Å²) in [4.78, 5) is 31.2. The van der Waals surface area contributed by atoms with E-state index in [0.717, 1.165) is 43.2 Å². The molecule has 2 aliphatic heterocycles. The average Bonchev–Trinajstić information content (AvgIpc) is 3.56. The Hall–Kier alpha value is -3.08. The molecule has 1 aromatic heterocycles. The Morgan fingerprint density at radius 2 is 1.95 bits per heavy atom. The largest absolute Gasteiger partial charge is 0.491 e. The lowest BCUT2D eigenvalue weighted by Gasteiger charge is -2.21. The van der Waals surface area contributed by atoms with Crippen molar-refractivity contribution in [1.82, 2.24) is 14.3 Å². The van der Waals surface area contributed by atoms with Gasteiger partial charge in [-0.15, -0.1) is 0 Å². The minimum absolute atomic E-state index is 0.00366. The number of hydrogen-bond acceptors (Lipinski definition) is 4. The Morgan fingerprint density at radius 1 is 1.18 bits per heavy atom. The minimum Gasteiger partial charge on any atom is -0.491 e. The molecule has 11 heteroatoms. The standard InChI is InChI=1S/C27H35F3N4O4/c1-26(2,3)22-16-23(34(32(22)4)17-19-7-6-13-37-19)31-25(36)20-15-18(27(28,29)30)9-10-21(20)38-14-12-33-11-5-8-24(33)35/h9-10,15-16,19H,5-8,11-14,17H2,1-4H3/t19-/m1/s1. The quantitative estimate of drug-likeness (QED) is 0.535.